The van der Waals surface area contributed by atoms with Crippen LogP contribution in [0.1, 0.15) is 12.0 Å². The summed E-state index contributed by atoms with van der Waals surface area (Å²) in [5.74, 6) is 0.524. The average molecular weight is 438 g/mol. The molecule has 9 heteroatoms. The van der Waals surface area contributed by atoms with Crippen LogP contribution in [0.3, 0.4) is 0 Å². The topological polar surface area (TPSA) is 81.1 Å². The van der Waals surface area contributed by atoms with Crippen molar-refractivity contribution in [3.05, 3.63) is 63.4 Å². The van der Waals surface area contributed by atoms with Crippen LogP contribution in [0, 0.1) is 6.92 Å². The van der Waals surface area contributed by atoms with Crippen LogP contribution < -0.4 is 10.3 Å². The van der Waals surface area contributed by atoms with Crippen molar-refractivity contribution in [1.29, 1.82) is 0 Å². The molecule has 28 heavy (non-hydrogen) atoms. The summed E-state index contributed by atoms with van der Waals surface area (Å²) in [5, 5.41) is 1.50. The number of nitrogens with zero attached hydrogens (tertiary/aromatic N) is 2. The van der Waals surface area contributed by atoms with Crippen LogP contribution in [0.25, 0.3) is 16.6 Å². The van der Waals surface area contributed by atoms with Gasteiger partial charge in [-0.05, 0) is 50.2 Å². The molecule has 6 nitrogen and oxygen atoms in total. The molecule has 1 N–H and O–H groups in total. The minimum atomic E-state index is -3.26. The molecule has 3 aromatic rings. The Morgan fingerprint density at radius 3 is 2.68 bits per heavy atom. The van der Waals surface area contributed by atoms with Crippen LogP contribution in [-0.2, 0) is 10.0 Å². The number of thioether (sulfide) groups is 1. The molecule has 148 valence electrons. The van der Waals surface area contributed by atoms with Crippen LogP contribution in [0.15, 0.2) is 52.4 Å². The van der Waals surface area contributed by atoms with Gasteiger partial charge in [0.1, 0.15) is 0 Å². The van der Waals surface area contributed by atoms with Crippen LogP contribution in [0.5, 0.6) is 0 Å². The molecule has 0 atom stereocenters. The summed E-state index contributed by atoms with van der Waals surface area (Å²) < 4.78 is 27.1. The van der Waals surface area contributed by atoms with Crippen molar-refractivity contribution in [3.8, 4) is 5.69 Å². The smallest absolute Gasteiger partial charge is 0.266 e. The third kappa shape index (κ3) is 4.57. The fraction of sp³-hybridized carbons (Fsp3) is 0.263. The summed E-state index contributed by atoms with van der Waals surface area (Å²) >= 11 is 7.42. The van der Waals surface area contributed by atoms with E-state index in [1.807, 2.05) is 31.2 Å². The maximum Gasteiger partial charge on any atom is 0.266 e. The molecule has 0 aliphatic heterocycles. The Hall–Kier alpha value is -1.87. The van der Waals surface area contributed by atoms with Gasteiger partial charge in [-0.2, -0.15) is 0 Å². The zero-order valence-corrected chi connectivity index (χ0v) is 17.9. The quantitative estimate of drug-likeness (QED) is 0.348. The number of halogens is 1. The van der Waals surface area contributed by atoms with E-state index in [9.17, 15) is 13.2 Å². The first-order valence-electron chi connectivity index (χ1n) is 8.65. The normalized spacial score (nSPS) is 11.8. The van der Waals surface area contributed by atoms with E-state index in [1.165, 1.54) is 18.8 Å². The minimum Gasteiger partial charge on any atom is -0.268 e. The number of para-hydroxylation sites is 1. The number of sulfonamides is 1. The van der Waals surface area contributed by atoms with Crippen LogP contribution in [0.4, 0.5) is 0 Å². The fourth-order valence-electron chi connectivity index (χ4n) is 2.78. The number of hydrogen-bond donors (Lipinski definition) is 1. The van der Waals surface area contributed by atoms with Crippen LogP contribution >= 0.6 is 23.4 Å². The van der Waals surface area contributed by atoms with Crippen molar-refractivity contribution >= 4 is 44.3 Å². The SMILES string of the molecule is CNS(=O)(=O)CCCSc1nc2cc(Cl)ccc2c(=O)n1-c1ccccc1C. The second-order valence-electron chi connectivity index (χ2n) is 6.21. The Morgan fingerprint density at radius 1 is 1.21 bits per heavy atom. The van der Waals surface area contributed by atoms with Gasteiger partial charge in [-0.1, -0.05) is 41.6 Å². The molecule has 0 amide bonds. The van der Waals surface area contributed by atoms with Gasteiger partial charge >= 0.3 is 0 Å². The highest BCUT2D eigenvalue weighted by Gasteiger charge is 2.15. The van der Waals surface area contributed by atoms with Gasteiger partial charge in [0.25, 0.3) is 5.56 Å². The van der Waals surface area contributed by atoms with E-state index in [0.717, 1.165) is 11.3 Å². The molecule has 0 saturated carbocycles. The third-order valence-electron chi connectivity index (χ3n) is 4.26. The lowest BCUT2D eigenvalue weighted by Crippen LogP contribution is -2.23. The van der Waals surface area contributed by atoms with Gasteiger partial charge in [-0.15, -0.1) is 0 Å². The number of aromatic nitrogens is 2. The molecule has 3 rings (SSSR count). The second kappa shape index (κ2) is 8.65. The first kappa shape index (κ1) is 20.9. The molecule has 2 aromatic carbocycles. The Balaban J connectivity index is 2.05. The molecule has 1 heterocycles. The molecule has 0 unspecified atom stereocenters. The zero-order valence-electron chi connectivity index (χ0n) is 15.5. The van der Waals surface area contributed by atoms with E-state index in [-0.39, 0.29) is 11.3 Å². The van der Waals surface area contributed by atoms with Crippen molar-refractivity contribution in [2.24, 2.45) is 0 Å². The summed E-state index contributed by atoms with van der Waals surface area (Å²) in [7, 11) is -1.87. The molecule has 0 radical (unpaired) electrons. The maximum atomic E-state index is 13.2. The number of hydrogen-bond acceptors (Lipinski definition) is 5. The number of nitrogens with one attached hydrogen (secondary N) is 1. The average Bonchev–Trinajstić information content (AvgIpc) is 2.66. The van der Waals surface area contributed by atoms with Gasteiger partial charge < -0.3 is 0 Å². The van der Waals surface area contributed by atoms with Crippen molar-refractivity contribution in [2.45, 2.75) is 18.5 Å². The number of benzene rings is 2. The maximum absolute atomic E-state index is 13.2. The predicted molar refractivity (Wildman–Crippen MR) is 115 cm³/mol. The molecule has 0 fully saturated rings. The van der Waals surface area contributed by atoms with E-state index in [1.54, 1.807) is 22.8 Å². The number of aryl methyl sites for hydroxylation is 1. The predicted octanol–water partition coefficient (Wildman–Crippen LogP) is 3.38. The van der Waals surface area contributed by atoms with Crippen molar-refractivity contribution < 1.29 is 8.42 Å². The Morgan fingerprint density at radius 2 is 1.96 bits per heavy atom. The van der Waals surface area contributed by atoms with Gasteiger partial charge in [0.05, 0.1) is 22.3 Å². The Labute approximate surface area is 173 Å². The largest absolute Gasteiger partial charge is 0.268 e. The van der Waals surface area contributed by atoms with E-state index in [0.29, 0.717) is 33.3 Å². The Kier molecular flexibility index (Phi) is 6.44. The molecule has 0 bridgehead atoms. The van der Waals surface area contributed by atoms with Crippen molar-refractivity contribution in [1.82, 2.24) is 14.3 Å². The molecular weight excluding hydrogens is 418 g/mol. The molecule has 0 aliphatic rings. The monoisotopic (exact) mass is 437 g/mol. The van der Waals surface area contributed by atoms with Crippen molar-refractivity contribution in [2.75, 3.05) is 18.6 Å². The molecular formula is C19H20ClN3O3S2. The summed E-state index contributed by atoms with van der Waals surface area (Å²) in [6, 6.07) is 12.6. The van der Waals surface area contributed by atoms with Gasteiger partial charge in [0, 0.05) is 10.8 Å². The Bertz CT molecular complexity index is 1180. The van der Waals surface area contributed by atoms with Gasteiger partial charge in [0.15, 0.2) is 5.16 Å². The highest BCUT2D eigenvalue weighted by atomic mass is 35.5. The second-order valence-corrected chi connectivity index (χ2v) is 9.75. The lowest BCUT2D eigenvalue weighted by molar-refractivity contribution is 0.587. The summed E-state index contributed by atoms with van der Waals surface area (Å²) in [5.41, 5.74) is 2.04. The van der Waals surface area contributed by atoms with Gasteiger partial charge in [-0.25, -0.2) is 18.1 Å². The van der Waals surface area contributed by atoms with Crippen molar-refractivity contribution in [3.63, 3.8) is 0 Å². The van der Waals surface area contributed by atoms with E-state index in [4.69, 9.17) is 11.6 Å². The summed E-state index contributed by atoms with van der Waals surface area (Å²) in [6.45, 7) is 1.93. The first-order chi connectivity index (χ1) is 13.3. The first-order valence-corrected chi connectivity index (χ1v) is 11.7. The van der Waals surface area contributed by atoms with E-state index >= 15 is 0 Å². The highest BCUT2D eigenvalue weighted by molar-refractivity contribution is 7.99. The molecule has 0 saturated heterocycles. The lowest BCUT2D eigenvalue weighted by atomic mass is 10.2. The van der Waals surface area contributed by atoms with Crippen LogP contribution in [0.2, 0.25) is 5.02 Å². The standard InChI is InChI=1S/C19H20ClN3O3S2/c1-13-6-3-4-7-17(13)23-18(24)15-9-8-14(20)12-16(15)22-19(23)27-10-5-11-28(25,26)21-2/h3-4,6-9,12,21H,5,10-11H2,1-2H3. The van der Waals surface area contributed by atoms with Crippen LogP contribution in [-0.4, -0.2) is 36.5 Å². The molecule has 0 spiro atoms. The van der Waals surface area contributed by atoms with E-state index in [2.05, 4.69) is 9.71 Å². The highest BCUT2D eigenvalue weighted by Crippen LogP contribution is 2.25. The summed E-state index contributed by atoms with van der Waals surface area (Å²) in [6.07, 6.45) is 0.436. The lowest BCUT2D eigenvalue weighted by Gasteiger charge is -2.15. The minimum absolute atomic E-state index is 0.0184. The number of rotatable bonds is 7. The number of fused-ring (bicyclic) bond motifs is 1. The third-order valence-corrected chi connectivity index (χ3v) is 6.96. The summed E-state index contributed by atoms with van der Waals surface area (Å²) in [4.78, 5) is 17.9. The molecule has 1 aromatic heterocycles. The van der Waals surface area contributed by atoms with Gasteiger partial charge in [-0.3, -0.25) is 9.36 Å². The van der Waals surface area contributed by atoms with E-state index < -0.39 is 10.0 Å². The van der Waals surface area contributed by atoms with Gasteiger partial charge in [0.2, 0.25) is 10.0 Å². The fourth-order valence-corrected chi connectivity index (χ4v) is 4.80. The zero-order chi connectivity index (χ0) is 20.3. The molecule has 0 aliphatic carbocycles.